The van der Waals surface area contributed by atoms with Crippen molar-refractivity contribution in [2.24, 2.45) is 0 Å². The number of rotatable bonds is 8. The van der Waals surface area contributed by atoms with Gasteiger partial charge in [0, 0.05) is 17.7 Å². The molecule has 0 unspecified atom stereocenters. The molecule has 1 heterocycles. The smallest absolute Gasteiger partial charge is 0.287 e. The molecule has 0 amide bonds. The summed E-state index contributed by atoms with van der Waals surface area (Å²) >= 11 is 0. The van der Waals surface area contributed by atoms with E-state index in [9.17, 15) is 110 Å². The molecule has 0 aliphatic heterocycles. The normalized spacial score (nSPS) is 13.4. The molecule has 398 valence electrons. The quantitative estimate of drug-likeness (QED) is 0.0644. The van der Waals surface area contributed by atoms with Gasteiger partial charge in [-0.1, -0.05) is 85.8 Å². The maximum absolute atomic E-state index is 14.2. The number of nitrogens with zero attached hydrogens (tertiary/aromatic N) is 1. The monoisotopic (exact) mass is 1090 g/mol. The van der Waals surface area contributed by atoms with Gasteiger partial charge in [-0.2, -0.15) is 132 Å². The summed E-state index contributed by atoms with van der Waals surface area (Å²) in [5.74, 6) is 0.142. The molecule has 6 rings (SSSR count). The van der Waals surface area contributed by atoms with Crippen LogP contribution >= 0.6 is 0 Å². The van der Waals surface area contributed by atoms with Gasteiger partial charge in [-0.25, -0.2) is 0 Å². The average molecular weight is 1090 g/mol. The van der Waals surface area contributed by atoms with Crippen LogP contribution in [0.15, 0.2) is 128 Å². The minimum atomic E-state index is -6.13. The van der Waals surface area contributed by atoms with Crippen molar-refractivity contribution in [3.8, 4) is 0 Å². The van der Waals surface area contributed by atoms with Gasteiger partial charge in [0.05, 0.1) is 44.5 Å². The molecule has 74 heavy (non-hydrogen) atoms. The fourth-order valence-corrected chi connectivity index (χ4v) is 7.79. The molecule has 0 radical (unpaired) electrons. The van der Waals surface area contributed by atoms with Crippen molar-refractivity contribution >= 4 is 33.8 Å². The highest BCUT2D eigenvalue weighted by molar-refractivity contribution is 7.20. The van der Waals surface area contributed by atoms with Gasteiger partial charge in [-0.15, -0.1) is 0 Å². The van der Waals surface area contributed by atoms with Gasteiger partial charge in [0.1, 0.15) is 6.15 Å². The molecule has 1 aromatic heterocycles. The van der Waals surface area contributed by atoms with Crippen molar-refractivity contribution < 1.29 is 115 Å². The third kappa shape index (κ3) is 13.5. The average Bonchev–Trinajstić information content (AvgIpc) is 3.27. The summed E-state index contributed by atoms with van der Waals surface area (Å²) in [6.07, 6.45) is -50.0. The fraction of sp³-hybridized carbons (Fsp3) is 0.234. The Morgan fingerprint density at radius 1 is 0.365 bits per heavy atom. The Morgan fingerprint density at radius 3 is 0.797 bits per heavy atom. The largest absolute Gasteiger partial charge is 0.416 e. The van der Waals surface area contributed by atoms with Gasteiger partial charge < -0.3 is 0 Å². The zero-order valence-electron chi connectivity index (χ0n) is 36.5. The van der Waals surface area contributed by atoms with Crippen LogP contribution < -0.4 is 26.4 Å². The van der Waals surface area contributed by atoms with Crippen molar-refractivity contribution in [3.05, 3.63) is 183 Å². The third-order valence-electron chi connectivity index (χ3n) is 11.2. The van der Waals surface area contributed by atoms with E-state index in [1.54, 1.807) is 0 Å². The predicted molar refractivity (Wildman–Crippen MR) is 217 cm³/mol. The number of hydrogen-bond acceptors (Lipinski definition) is 1. The molecule has 5 aromatic carbocycles. The number of aryl methyl sites for hydroxylation is 1. The number of carbonyl (C=O) groups is 1. The van der Waals surface area contributed by atoms with E-state index in [2.05, 4.69) is 6.92 Å². The number of halogens is 24. The lowest BCUT2D eigenvalue weighted by Gasteiger charge is -2.46. The van der Waals surface area contributed by atoms with Crippen molar-refractivity contribution in [3.63, 3.8) is 0 Å². The molecule has 0 aliphatic carbocycles. The van der Waals surface area contributed by atoms with Crippen LogP contribution in [0.1, 0.15) is 67.4 Å². The molecule has 0 saturated carbocycles. The predicted octanol–water partition coefficient (Wildman–Crippen LogP) is 13.6. The number of Topliss-reactive ketones (excluding diaryl/α,β-unsaturated/α-hetero) is 1. The highest BCUT2D eigenvalue weighted by Crippen LogP contribution is 2.41. The Labute approximate surface area is 400 Å². The number of benzene rings is 5. The number of pyridine rings is 1. The van der Waals surface area contributed by atoms with Gasteiger partial charge in [-0.3, -0.25) is 4.79 Å². The fourth-order valence-electron chi connectivity index (χ4n) is 7.79. The molecule has 0 atom stereocenters. The summed E-state index contributed by atoms with van der Waals surface area (Å²) in [5.41, 5.74) is -28.2. The van der Waals surface area contributed by atoms with Gasteiger partial charge in [0.2, 0.25) is 12.3 Å². The lowest BCUT2D eigenvalue weighted by atomic mass is 9.12. The molecule has 0 N–H and O–H groups in total. The number of carbonyl (C=O) groups excluding carboxylic acids is 1. The van der Waals surface area contributed by atoms with Gasteiger partial charge >= 0.3 is 49.4 Å². The number of aromatic nitrogens is 1. The number of ketones is 1. The Balaban J connectivity index is 0.000000500. The van der Waals surface area contributed by atoms with E-state index in [-0.39, 0.29) is 5.78 Å². The number of hydrogen-bond donors (Lipinski definition) is 0. The summed E-state index contributed by atoms with van der Waals surface area (Å²) in [6.45, 7) is 2.50. The summed E-state index contributed by atoms with van der Waals surface area (Å²) < 4.78 is 343. The summed E-state index contributed by atoms with van der Waals surface area (Å²) in [6, 6.07) is 4.83. The van der Waals surface area contributed by atoms with Gasteiger partial charge in [0.25, 0.3) is 0 Å². The molecule has 0 spiro atoms. The van der Waals surface area contributed by atoms with Crippen LogP contribution in [0, 0.1) is 0 Å². The van der Waals surface area contributed by atoms with Gasteiger partial charge in [0.15, 0.2) is 12.4 Å². The Kier molecular flexibility index (Phi) is 15.9. The van der Waals surface area contributed by atoms with E-state index in [1.165, 1.54) is 5.56 Å². The van der Waals surface area contributed by atoms with E-state index in [0.29, 0.717) is 6.54 Å². The van der Waals surface area contributed by atoms with Crippen molar-refractivity contribution in [2.75, 3.05) is 0 Å². The van der Waals surface area contributed by atoms with Gasteiger partial charge in [-0.05, 0) is 36.2 Å². The molecular formula is C47H28BF24NO. The summed E-state index contributed by atoms with van der Waals surface area (Å²) in [4.78, 5) is 12.0. The first kappa shape index (κ1) is 58.2. The zero-order chi connectivity index (χ0) is 56.0. The molecule has 0 bridgehead atoms. The second-order valence-corrected chi connectivity index (χ2v) is 16.2. The zero-order valence-corrected chi connectivity index (χ0v) is 36.5. The first-order chi connectivity index (χ1) is 33.6. The maximum Gasteiger partial charge on any atom is 0.416 e. The second-order valence-electron chi connectivity index (χ2n) is 16.2. The van der Waals surface area contributed by atoms with Crippen LogP contribution in [0.25, 0.3) is 0 Å². The van der Waals surface area contributed by atoms with Crippen LogP contribution in [-0.4, -0.2) is 11.9 Å². The van der Waals surface area contributed by atoms with Crippen LogP contribution in [0.3, 0.4) is 0 Å². The molecule has 0 aliphatic rings. The Bertz CT molecular complexity index is 2520. The lowest BCUT2D eigenvalue weighted by Crippen LogP contribution is -2.75. The summed E-state index contributed by atoms with van der Waals surface area (Å²) in [7, 11) is 0. The Morgan fingerprint density at radius 2 is 0.595 bits per heavy atom. The molecule has 2 nitrogen and oxygen atoms in total. The first-order valence-electron chi connectivity index (χ1n) is 20.5. The molecule has 6 aromatic rings. The van der Waals surface area contributed by atoms with E-state index in [0.717, 1.165) is 12.0 Å². The van der Waals surface area contributed by atoms with Crippen LogP contribution in [0.2, 0.25) is 0 Å². The maximum atomic E-state index is 14.2. The second kappa shape index (κ2) is 20.2. The van der Waals surface area contributed by atoms with Crippen molar-refractivity contribution in [1.82, 2.24) is 0 Å². The summed E-state index contributed by atoms with van der Waals surface area (Å²) in [5, 5.41) is 0. The standard InChI is InChI=1S/C32H12BF24.C15H16NO/c34-25(35,36)13-1-14(26(37,38)39)6-21(5-13)33(22-7-15(27(40,41)42)2-16(8-22)28(43,44)45,23-9-17(29(46,47)48)3-18(10-23)30(49,50)51)24-11-19(31(52,53)54)4-20(12-24)32(55,56)57;1-2-13-6-8-14(9-7-13)15(17)12-16-10-4-3-5-11-16/h1-12H;3-11H,2,12H2,1H3/q-1;+1. The van der Waals surface area contributed by atoms with Crippen LogP contribution in [-0.2, 0) is 62.4 Å². The lowest BCUT2D eigenvalue weighted by molar-refractivity contribution is -0.683. The minimum Gasteiger partial charge on any atom is -0.287 e. The molecular weight excluding hydrogens is 1060 g/mol. The Hall–Kier alpha value is -6.70. The number of alkyl halides is 24. The first-order valence-corrected chi connectivity index (χ1v) is 20.5. The third-order valence-corrected chi connectivity index (χ3v) is 11.2. The SMILES string of the molecule is CCc1ccc(C(=O)C[n+]2ccccc2)cc1.FC(F)(F)c1cc([B-](c2cc(C(F)(F)F)cc(C(F)(F)F)c2)(c2cc(C(F)(F)F)cc(C(F)(F)F)c2)c2cc(C(F)(F)F)cc(C(F)(F)F)c2)cc(C(F)(F)F)c1. The van der Waals surface area contributed by atoms with Crippen molar-refractivity contribution in [2.45, 2.75) is 69.3 Å². The molecule has 27 heteroatoms. The van der Waals surface area contributed by atoms with Crippen LogP contribution in [0.4, 0.5) is 105 Å². The van der Waals surface area contributed by atoms with E-state index in [1.807, 2.05) is 59.4 Å². The highest BCUT2D eigenvalue weighted by Gasteiger charge is 2.47. The van der Waals surface area contributed by atoms with E-state index in [4.69, 9.17) is 0 Å². The van der Waals surface area contributed by atoms with E-state index < -0.39 is 195 Å². The molecule has 0 saturated heterocycles. The van der Waals surface area contributed by atoms with E-state index >= 15 is 0 Å². The highest BCUT2D eigenvalue weighted by atomic mass is 19.4. The van der Waals surface area contributed by atoms with Crippen molar-refractivity contribution in [1.29, 1.82) is 0 Å². The minimum absolute atomic E-state index is 0.142. The molecule has 0 fully saturated rings. The topological polar surface area (TPSA) is 20.9 Å². The van der Waals surface area contributed by atoms with Crippen LogP contribution in [0.5, 0.6) is 0 Å².